The van der Waals surface area contributed by atoms with E-state index in [9.17, 15) is 19.6 Å². The quantitative estimate of drug-likeness (QED) is 0.285. The number of phosphoric acid groups is 1. The lowest BCUT2D eigenvalue weighted by Gasteiger charge is -2.36. The topological polar surface area (TPSA) is 119 Å². The van der Waals surface area contributed by atoms with Crippen LogP contribution in [0.15, 0.2) is 39.5 Å². The Morgan fingerprint density at radius 1 is 1.10 bits per heavy atom. The van der Waals surface area contributed by atoms with Gasteiger partial charge >= 0.3 is 7.82 Å². The van der Waals surface area contributed by atoms with Crippen LogP contribution in [0.4, 0.5) is 0 Å². The molecule has 1 saturated heterocycles. The van der Waals surface area contributed by atoms with Crippen molar-refractivity contribution >= 4 is 30.4 Å². The molecular weight excluding hydrogens is 569 g/mol. The smallest absolute Gasteiger partial charge is 0.507 e. The molecule has 2 atom stereocenters. The van der Waals surface area contributed by atoms with Crippen LogP contribution in [0.2, 0.25) is 5.02 Å². The van der Waals surface area contributed by atoms with Crippen molar-refractivity contribution in [1.82, 2.24) is 4.90 Å². The monoisotopic (exact) mass is 607 g/mol. The lowest BCUT2D eigenvalue weighted by molar-refractivity contribution is 0.0215. The van der Waals surface area contributed by atoms with E-state index < -0.39 is 42.2 Å². The van der Waals surface area contributed by atoms with Crippen molar-refractivity contribution in [2.45, 2.75) is 78.1 Å². The van der Waals surface area contributed by atoms with E-state index in [1.807, 2.05) is 24.9 Å². The molecule has 11 heteroatoms. The fourth-order valence-corrected chi connectivity index (χ4v) is 7.05. The molecule has 2 N–H and O–H groups in total. The summed E-state index contributed by atoms with van der Waals surface area (Å²) >= 11 is 6.58. The molecule has 224 valence electrons. The number of nitrogens with zero attached hydrogens (tertiary/aromatic N) is 1. The molecule has 0 unspecified atom stereocenters. The normalized spacial score (nSPS) is 19.1. The minimum Gasteiger partial charge on any atom is -0.507 e. The number of β-amino-alcohol motifs (C(OH)–C–C–N with tert-alkyl or cyclic N) is 1. The number of aliphatic hydroxyl groups is 1. The molecule has 0 amide bonds. The van der Waals surface area contributed by atoms with Crippen molar-refractivity contribution in [2.24, 2.45) is 0 Å². The Hall–Kier alpha value is -2.39. The van der Waals surface area contributed by atoms with E-state index in [0.29, 0.717) is 30.1 Å². The Labute approximate surface area is 245 Å². The standard InChI is InChI=1S/C30H39ClNO8P/c1-17-10-9-11-19(27(17)31)23-14-20(33)26-21(34)15-24(38-41(36,39-29(2,3)4)40-30(5,6)7)25(28(26)37-23)18-12-13-32(8)16-22(18)35/h9-11,14-15,18,22,34-35H,12-13,16H2,1-8H3/t18-,22+/m0/s1. The number of hydrogen-bond donors (Lipinski definition) is 2. The van der Waals surface area contributed by atoms with Gasteiger partial charge in [0.25, 0.3) is 0 Å². The number of halogens is 1. The zero-order valence-corrected chi connectivity index (χ0v) is 26.4. The molecular formula is C30H39ClNO8P. The van der Waals surface area contributed by atoms with E-state index in [1.54, 1.807) is 53.7 Å². The molecule has 41 heavy (non-hydrogen) atoms. The lowest BCUT2D eigenvalue weighted by atomic mass is 9.85. The first kappa shape index (κ1) is 31.5. The number of rotatable bonds is 6. The molecule has 1 aliphatic heterocycles. The summed E-state index contributed by atoms with van der Waals surface area (Å²) in [7, 11) is -2.44. The zero-order valence-electron chi connectivity index (χ0n) is 24.8. The van der Waals surface area contributed by atoms with Crippen molar-refractivity contribution in [3.8, 4) is 22.8 Å². The summed E-state index contributed by atoms with van der Waals surface area (Å²) < 4.78 is 38.2. The van der Waals surface area contributed by atoms with Gasteiger partial charge in [-0.15, -0.1) is 0 Å². The first-order valence-corrected chi connectivity index (χ1v) is 15.4. The van der Waals surface area contributed by atoms with Crippen molar-refractivity contribution < 1.29 is 32.8 Å². The lowest BCUT2D eigenvalue weighted by Crippen LogP contribution is -2.40. The van der Waals surface area contributed by atoms with E-state index in [0.717, 1.165) is 5.56 Å². The number of likely N-dealkylation sites (tertiary alicyclic amines) is 1. The highest BCUT2D eigenvalue weighted by molar-refractivity contribution is 7.49. The van der Waals surface area contributed by atoms with Gasteiger partial charge in [-0.1, -0.05) is 23.7 Å². The highest BCUT2D eigenvalue weighted by Crippen LogP contribution is 2.57. The summed E-state index contributed by atoms with van der Waals surface area (Å²) in [5.74, 6) is -0.921. The minimum atomic E-state index is -4.33. The third kappa shape index (κ3) is 7.16. The Morgan fingerprint density at radius 3 is 2.32 bits per heavy atom. The molecule has 0 saturated carbocycles. The highest BCUT2D eigenvalue weighted by atomic mass is 35.5. The number of likely N-dealkylation sites (N-methyl/N-ethyl adjacent to an activating group) is 1. The second kappa shape index (κ2) is 11.4. The number of phosphoric ester groups is 1. The number of phenols is 1. The fourth-order valence-electron chi connectivity index (χ4n) is 4.98. The van der Waals surface area contributed by atoms with Gasteiger partial charge in [-0.3, -0.25) is 13.8 Å². The fraction of sp³-hybridized carbons (Fsp3) is 0.500. The maximum atomic E-state index is 14.1. The molecule has 2 heterocycles. The number of benzene rings is 2. The maximum Gasteiger partial charge on any atom is 0.531 e. The number of aromatic hydroxyl groups is 1. The number of phenolic OH excluding ortho intramolecular Hbond substituents is 1. The Balaban J connectivity index is 2.03. The third-order valence-electron chi connectivity index (χ3n) is 6.58. The molecule has 0 spiro atoms. The van der Waals surface area contributed by atoms with Crippen LogP contribution in [0.5, 0.6) is 11.5 Å². The average molecular weight is 608 g/mol. The van der Waals surface area contributed by atoms with Gasteiger partial charge in [-0.25, -0.2) is 4.57 Å². The highest BCUT2D eigenvalue weighted by Gasteiger charge is 2.41. The molecule has 9 nitrogen and oxygen atoms in total. The van der Waals surface area contributed by atoms with Crippen LogP contribution in [0.25, 0.3) is 22.3 Å². The largest absolute Gasteiger partial charge is 0.531 e. The third-order valence-corrected chi connectivity index (χ3v) is 9.04. The van der Waals surface area contributed by atoms with Crippen LogP contribution in [0, 0.1) is 6.92 Å². The van der Waals surface area contributed by atoms with Crippen LogP contribution in [0.1, 0.15) is 65.0 Å². The summed E-state index contributed by atoms with van der Waals surface area (Å²) in [6, 6.07) is 7.85. The number of aryl methyl sites for hydroxylation is 1. The predicted octanol–water partition coefficient (Wildman–Crippen LogP) is 7.02. The maximum absolute atomic E-state index is 14.1. The molecule has 0 radical (unpaired) electrons. The summed E-state index contributed by atoms with van der Waals surface area (Å²) in [6.07, 6.45) is -0.413. The van der Waals surface area contributed by atoms with E-state index >= 15 is 0 Å². The number of hydrogen-bond acceptors (Lipinski definition) is 9. The van der Waals surface area contributed by atoms with E-state index in [2.05, 4.69) is 0 Å². The van der Waals surface area contributed by atoms with Gasteiger partial charge in [0.05, 0.1) is 22.3 Å². The van der Waals surface area contributed by atoms with E-state index in [1.165, 1.54) is 12.1 Å². The van der Waals surface area contributed by atoms with Gasteiger partial charge < -0.3 is 24.1 Å². The van der Waals surface area contributed by atoms with Crippen LogP contribution >= 0.6 is 19.4 Å². The van der Waals surface area contributed by atoms with Gasteiger partial charge in [0, 0.05) is 35.7 Å². The van der Waals surface area contributed by atoms with E-state index in [-0.39, 0.29) is 28.0 Å². The average Bonchev–Trinajstić information content (AvgIpc) is 2.78. The number of aliphatic hydroxyl groups excluding tert-OH is 1. The van der Waals surface area contributed by atoms with Gasteiger partial charge in [-0.2, -0.15) is 0 Å². The van der Waals surface area contributed by atoms with Gasteiger partial charge in [-0.05, 0) is 80.1 Å². The van der Waals surface area contributed by atoms with Crippen molar-refractivity contribution in [2.75, 3.05) is 20.1 Å². The van der Waals surface area contributed by atoms with Gasteiger partial charge in [0.2, 0.25) is 0 Å². The zero-order chi connectivity index (χ0) is 30.5. The molecule has 2 aromatic carbocycles. The van der Waals surface area contributed by atoms with Crippen LogP contribution in [-0.4, -0.2) is 52.6 Å². The first-order valence-electron chi connectivity index (χ1n) is 13.5. The molecule has 1 aromatic heterocycles. The van der Waals surface area contributed by atoms with Gasteiger partial charge in [0.1, 0.15) is 28.2 Å². The second-order valence-corrected chi connectivity index (χ2v) is 14.4. The molecule has 3 aromatic rings. The SMILES string of the molecule is Cc1cccc(-c2cc(=O)c3c(O)cc(OP(=O)(OC(C)(C)C)OC(C)(C)C)c([C@H]4CCN(C)C[C@H]4O)c3o2)c1Cl. The summed E-state index contributed by atoms with van der Waals surface area (Å²) in [5, 5.41) is 22.6. The van der Waals surface area contributed by atoms with Crippen LogP contribution < -0.4 is 9.95 Å². The van der Waals surface area contributed by atoms with Crippen molar-refractivity contribution in [1.29, 1.82) is 0 Å². The number of piperidine rings is 1. The Bertz CT molecular complexity index is 1540. The predicted molar refractivity (Wildman–Crippen MR) is 160 cm³/mol. The molecule has 4 rings (SSSR count). The van der Waals surface area contributed by atoms with Crippen LogP contribution in [0.3, 0.4) is 0 Å². The second-order valence-electron chi connectivity index (χ2n) is 12.6. The first-order chi connectivity index (χ1) is 18.9. The molecule has 0 aliphatic carbocycles. The van der Waals surface area contributed by atoms with Crippen molar-refractivity contribution in [3.05, 3.63) is 56.7 Å². The Morgan fingerprint density at radius 2 is 1.73 bits per heavy atom. The van der Waals surface area contributed by atoms with Gasteiger partial charge in [0.15, 0.2) is 5.43 Å². The summed E-state index contributed by atoms with van der Waals surface area (Å²) in [4.78, 5) is 15.4. The summed E-state index contributed by atoms with van der Waals surface area (Å²) in [6.45, 7) is 13.1. The summed E-state index contributed by atoms with van der Waals surface area (Å²) in [5.41, 5.74) is -0.778. The molecule has 1 aliphatic rings. The Kier molecular flexibility index (Phi) is 8.74. The minimum absolute atomic E-state index is 0.00624. The number of fused-ring (bicyclic) bond motifs is 1. The molecule has 1 fully saturated rings. The molecule has 0 bridgehead atoms. The van der Waals surface area contributed by atoms with Crippen molar-refractivity contribution in [3.63, 3.8) is 0 Å². The van der Waals surface area contributed by atoms with E-state index in [4.69, 9.17) is 29.6 Å². The van der Waals surface area contributed by atoms with Crippen LogP contribution in [-0.2, 0) is 13.6 Å².